The van der Waals surface area contributed by atoms with Crippen molar-refractivity contribution >= 4 is 0 Å². The van der Waals surface area contributed by atoms with Crippen LogP contribution in [0.25, 0.3) is 0 Å². The second kappa shape index (κ2) is 6.13. The van der Waals surface area contributed by atoms with E-state index in [4.69, 9.17) is 0 Å². The Morgan fingerprint density at radius 3 is 2.17 bits per heavy atom. The van der Waals surface area contributed by atoms with Crippen LogP contribution in [0.4, 0.5) is 22.0 Å². The van der Waals surface area contributed by atoms with Crippen LogP contribution in [0.2, 0.25) is 0 Å². The number of hydrogen-bond acceptors (Lipinski definition) is 1. The zero-order valence-electron chi connectivity index (χ0n) is 9.82. The van der Waals surface area contributed by atoms with Gasteiger partial charge in [-0.2, -0.15) is 13.2 Å². The number of rotatable bonds is 5. The molecule has 0 spiro atoms. The van der Waals surface area contributed by atoms with Gasteiger partial charge < -0.3 is 5.32 Å². The highest BCUT2D eigenvalue weighted by Gasteiger charge is 2.32. The van der Waals surface area contributed by atoms with Crippen molar-refractivity contribution in [1.82, 2.24) is 5.32 Å². The maximum Gasteiger partial charge on any atom is 0.390 e. The molecular weight excluding hydrogens is 253 g/mol. The normalized spacial score (nSPS) is 13.7. The predicted molar refractivity (Wildman–Crippen MR) is 58.2 cm³/mol. The van der Waals surface area contributed by atoms with Gasteiger partial charge in [-0.3, -0.25) is 0 Å². The van der Waals surface area contributed by atoms with Gasteiger partial charge in [0.1, 0.15) is 11.6 Å². The number of nitrogens with one attached hydrogen (secondary N) is 1. The summed E-state index contributed by atoms with van der Waals surface area (Å²) in [5.74, 6) is -1.64. The molecular formula is C12H14F5N. The lowest BCUT2D eigenvalue weighted by Gasteiger charge is -2.20. The van der Waals surface area contributed by atoms with Crippen LogP contribution >= 0.6 is 0 Å². The molecule has 1 aromatic carbocycles. The third-order valence-corrected chi connectivity index (χ3v) is 2.48. The van der Waals surface area contributed by atoms with Gasteiger partial charge in [-0.05, 0) is 25.1 Å². The second-order valence-electron chi connectivity index (χ2n) is 3.98. The molecule has 1 aromatic rings. The maximum absolute atomic E-state index is 13.3. The van der Waals surface area contributed by atoms with Crippen LogP contribution in [-0.2, 0) is 6.42 Å². The van der Waals surface area contributed by atoms with E-state index in [1.54, 1.807) is 6.92 Å². The Hall–Kier alpha value is -1.17. The molecule has 0 fully saturated rings. The highest BCUT2D eigenvalue weighted by Crippen LogP contribution is 2.24. The van der Waals surface area contributed by atoms with Gasteiger partial charge in [0.15, 0.2) is 0 Å². The van der Waals surface area contributed by atoms with E-state index in [1.807, 2.05) is 0 Å². The van der Waals surface area contributed by atoms with Gasteiger partial charge in [0.05, 0.1) is 6.42 Å². The summed E-state index contributed by atoms with van der Waals surface area (Å²) in [5.41, 5.74) is -0.312. The van der Waals surface area contributed by atoms with Crippen LogP contribution in [0.5, 0.6) is 0 Å². The van der Waals surface area contributed by atoms with E-state index in [1.165, 1.54) is 6.07 Å². The monoisotopic (exact) mass is 267 g/mol. The molecule has 0 aliphatic rings. The largest absolute Gasteiger partial charge is 0.390 e. The van der Waals surface area contributed by atoms with Crippen LogP contribution in [0, 0.1) is 11.6 Å². The Bertz CT molecular complexity index is 368. The van der Waals surface area contributed by atoms with Crippen molar-refractivity contribution in [2.45, 2.75) is 32.0 Å². The molecule has 1 rings (SSSR count). The molecule has 0 aliphatic heterocycles. The summed E-state index contributed by atoms with van der Waals surface area (Å²) >= 11 is 0. The predicted octanol–water partition coefficient (Wildman–Crippen LogP) is 3.44. The van der Waals surface area contributed by atoms with Gasteiger partial charge in [-0.25, -0.2) is 8.78 Å². The first-order valence-corrected chi connectivity index (χ1v) is 5.56. The number of hydrogen-bond donors (Lipinski definition) is 1. The molecule has 1 atom stereocenters. The summed E-state index contributed by atoms with van der Waals surface area (Å²) in [6, 6.07) is 2.23. The van der Waals surface area contributed by atoms with Crippen molar-refractivity contribution in [3.63, 3.8) is 0 Å². The molecule has 6 heteroatoms. The summed E-state index contributed by atoms with van der Waals surface area (Å²) in [5, 5.41) is 2.59. The average Bonchev–Trinajstić information content (AvgIpc) is 2.21. The van der Waals surface area contributed by atoms with Crippen LogP contribution in [0.3, 0.4) is 0 Å². The third kappa shape index (κ3) is 4.60. The molecule has 18 heavy (non-hydrogen) atoms. The minimum atomic E-state index is -4.37. The summed E-state index contributed by atoms with van der Waals surface area (Å²) in [6.07, 6.45) is -5.81. The van der Waals surface area contributed by atoms with Crippen LogP contribution in [-0.4, -0.2) is 18.8 Å². The fraction of sp³-hybridized carbons (Fsp3) is 0.500. The van der Waals surface area contributed by atoms with Crippen molar-refractivity contribution < 1.29 is 22.0 Å². The number of likely N-dealkylation sites (N-methyl/N-ethyl adjacent to an activating group) is 1. The lowest BCUT2D eigenvalue weighted by atomic mass is 10.0. The Kier molecular flexibility index (Phi) is 5.07. The van der Waals surface area contributed by atoms with Gasteiger partial charge in [0, 0.05) is 11.6 Å². The zero-order valence-corrected chi connectivity index (χ0v) is 9.82. The first-order chi connectivity index (χ1) is 8.33. The Balaban J connectivity index is 2.83. The summed E-state index contributed by atoms with van der Waals surface area (Å²) in [4.78, 5) is 0. The highest BCUT2D eigenvalue weighted by atomic mass is 19.4. The van der Waals surface area contributed by atoms with Crippen LogP contribution < -0.4 is 5.32 Å². The molecule has 0 amide bonds. The van der Waals surface area contributed by atoms with Crippen molar-refractivity contribution in [1.29, 1.82) is 0 Å². The van der Waals surface area contributed by atoms with E-state index in [-0.39, 0.29) is 12.0 Å². The van der Waals surface area contributed by atoms with Crippen molar-refractivity contribution in [3.8, 4) is 0 Å². The molecule has 1 unspecified atom stereocenters. The summed E-state index contributed by atoms with van der Waals surface area (Å²) in [7, 11) is 0. The molecule has 0 radical (unpaired) electrons. The topological polar surface area (TPSA) is 12.0 Å². The fourth-order valence-corrected chi connectivity index (χ4v) is 1.76. The van der Waals surface area contributed by atoms with Gasteiger partial charge in [-0.1, -0.05) is 13.0 Å². The lowest BCUT2D eigenvalue weighted by molar-refractivity contribution is -0.139. The Morgan fingerprint density at radius 2 is 1.72 bits per heavy atom. The van der Waals surface area contributed by atoms with E-state index in [2.05, 4.69) is 5.32 Å². The molecule has 0 bridgehead atoms. The van der Waals surface area contributed by atoms with Crippen molar-refractivity contribution in [3.05, 3.63) is 35.4 Å². The van der Waals surface area contributed by atoms with E-state index in [0.29, 0.717) is 6.54 Å². The van der Waals surface area contributed by atoms with Gasteiger partial charge in [0.25, 0.3) is 0 Å². The smallest absolute Gasteiger partial charge is 0.314 e. The quantitative estimate of drug-likeness (QED) is 0.806. The van der Waals surface area contributed by atoms with E-state index >= 15 is 0 Å². The first-order valence-electron chi connectivity index (χ1n) is 5.56. The molecule has 0 aliphatic carbocycles. The zero-order chi connectivity index (χ0) is 13.8. The fourth-order valence-electron chi connectivity index (χ4n) is 1.76. The second-order valence-corrected chi connectivity index (χ2v) is 3.98. The SMILES string of the molecule is CCNC(Cc1c(F)cccc1F)CC(F)(F)F. The molecule has 1 N–H and O–H groups in total. The standard InChI is InChI=1S/C12H14F5N/c1-2-18-8(7-12(15,16)17)6-9-10(13)4-3-5-11(9)14/h3-5,8,18H,2,6-7H2,1H3. The van der Waals surface area contributed by atoms with Gasteiger partial charge in [-0.15, -0.1) is 0 Å². The van der Waals surface area contributed by atoms with Crippen molar-refractivity contribution in [2.75, 3.05) is 6.54 Å². The average molecular weight is 267 g/mol. The van der Waals surface area contributed by atoms with Gasteiger partial charge >= 0.3 is 6.18 Å². The summed E-state index contributed by atoms with van der Waals surface area (Å²) < 4.78 is 63.6. The first kappa shape index (κ1) is 14.9. The van der Waals surface area contributed by atoms with Gasteiger partial charge in [0.2, 0.25) is 0 Å². The van der Waals surface area contributed by atoms with E-state index < -0.39 is 30.3 Å². The minimum Gasteiger partial charge on any atom is -0.314 e. The van der Waals surface area contributed by atoms with Crippen LogP contribution in [0.1, 0.15) is 18.9 Å². The molecule has 0 saturated carbocycles. The summed E-state index contributed by atoms with van der Waals surface area (Å²) in [6.45, 7) is 1.94. The minimum absolute atomic E-state index is 0.302. The molecule has 1 nitrogen and oxygen atoms in total. The number of benzene rings is 1. The maximum atomic E-state index is 13.3. The third-order valence-electron chi connectivity index (χ3n) is 2.48. The lowest BCUT2D eigenvalue weighted by Crippen LogP contribution is -2.36. The van der Waals surface area contributed by atoms with E-state index in [9.17, 15) is 22.0 Å². The number of alkyl halides is 3. The number of halogens is 5. The molecule has 0 heterocycles. The van der Waals surface area contributed by atoms with Crippen molar-refractivity contribution in [2.24, 2.45) is 0 Å². The van der Waals surface area contributed by atoms with E-state index in [0.717, 1.165) is 12.1 Å². The van der Waals surface area contributed by atoms with Crippen LogP contribution in [0.15, 0.2) is 18.2 Å². The molecule has 102 valence electrons. The highest BCUT2D eigenvalue weighted by molar-refractivity contribution is 5.20. The Morgan fingerprint density at radius 1 is 1.17 bits per heavy atom. The molecule has 0 aromatic heterocycles. The molecule has 0 saturated heterocycles. The Labute approximate surface area is 102 Å².